The van der Waals surface area contributed by atoms with Gasteiger partial charge in [0.25, 0.3) is 0 Å². The molecule has 2 atom stereocenters. The van der Waals surface area contributed by atoms with Gasteiger partial charge in [0.1, 0.15) is 23.6 Å². The average Bonchev–Trinajstić information content (AvgIpc) is 3.12. The maximum absolute atomic E-state index is 13.1. The maximum atomic E-state index is 13.1. The van der Waals surface area contributed by atoms with E-state index in [9.17, 15) is 9.59 Å². The van der Waals surface area contributed by atoms with Crippen molar-refractivity contribution in [1.29, 1.82) is 0 Å². The molecular formula is C24H38N2O5. The first kappa shape index (κ1) is 25.0. The van der Waals surface area contributed by atoms with E-state index < -0.39 is 11.2 Å². The van der Waals surface area contributed by atoms with Crippen molar-refractivity contribution < 1.29 is 23.8 Å². The molecule has 1 aromatic carbocycles. The molecule has 1 heterocycles. The Morgan fingerprint density at radius 2 is 1.81 bits per heavy atom. The van der Waals surface area contributed by atoms with Crippen LogP contribution >= 0.6 is 0 Å². The molecule has 174 valence electrons. The largest absolute Gasteiger partial charge is 0.492 e. The summed E-state index contributed by atoms with van der Waals surface area (Å²) in [5, 5.41) is 0. The second kappa shape index (κ2) is 10.4. The SMILES string of the molecule is CC(C)(C)OC(=O)[C@H](Cc1cccc(OCCN)c1)[C@@H]1CCN(C(=O)OC(C)(C)C)C1. The highest BCUT2D eigenvalue weighted by atomic mass is 16.6. The molecule has 0 saturated carbocycles. The van der Waals surface area contributed by atoms with Gasteiger partial charge in [0.15, 0.2) is 0 Å². The van der Waals surface area contributed by atoms with Crippen LogP contribution in [0, 0.1) is 11.8 Å². The summed E-state index contributed by atoms with van der Waals surface area (Å²) < 4.78 is 16.9. The second-order valence-corrected chi connectivity index (χ2v) is 10.1. The Labute approximate surface area is 186 Å². The van der Waals surface area contributed by atoms with Crippen LogP contribution in [0.4, 0.5) is 4.79 Å². The first-order valence-corrected chi connectivity index (χ1v) is 11.0. The summed E-state index contributed by atoms with van der Waals surface area (Å²) in [7, 11) is 0. The van der Waals surface area contributed by atoms with E-state index in [1.807, 2.05) is 65.8 Å². The highest BCUT2D eigenvalue weighted by Gasteiger charge is 2.39. The Balaban J connectivity index is 2.16. The van der Waals surface area contributed by atoms with Gasteiger partial charge in [-0.15, -0.1) is 0 Å². The molecule has 7 nitrogen and oxygen atoms in total. The number of ether oxygens (including phenoxy) is 3. The van der Waals surface area contributed by atoms with Gasteiger partial charge in [-0.25, -0.2) is 4.79 Å². The normalized spacial score (nSPS) is 17.9. The quantitative estimate of drug-likeness (QED) is 0.657. The third-order valence-corrected chi connectivity index (χ3v) is 4.90. The van der Waals surface area contributed by atoms with Gasteiger partial charge in [0.05, 0.1) is 5.92 Å². The van der Waals surface area contributed by atoms with E-state index in [2.05, 4.69) is 0 Å². The number of rotatable bonds is 7. The molecule has 0 radical (unpaired) electrons. The molecule has 2 rings (SSSR count). The Hall–Kier alpha value is -2.28. The van der Waals surface area contributed by atoms with Crippen LogP contribution in [0.5, 0.6) is 5.75 Å². The number of hydrogen-bond acceptors (Lipinski definition) is 6. The van der Waals surface area contributed by atoms with Crippen LogP contribution in [0.2, 0.25) is 0 Å². The lowest BCUT2D eigenvalue weighted by Gasteiger charge is -2.28. The number of hydrogen-bond donors (Lipinski definition) is 1. The standard InChI is InChI=1S/C24H38N2O5/c1-23(2,3)30-21(27)20(15-17-8-7-9-19(14-17)29-13-11-25)18-10-12-26(16-18)22(28)31-24(4,5)6/h7-9,14,18,20H,10-13,15-16,25H2,1-6H3/t18-,20-/m1/s1. The zero-order chi connectivity index (χ0) is 23.2. The fraction of sp³-hybridized carbons (Fsp3) is 0.667. The maximum Gasteiger partial charge on any atom is 0.410 e. The summed E-state index contributed by atoms with van der Waals surface area (Å²) >= 11 is 0. The Morgan fingerprint density at radius 3 is 2.42 bits per heavy atom. The zero-order valence-electron chi connectivity index (χ0n) is 19.8. The topological polar surface area (TPSA) is 91.1 Å². The number of likely N-dealkylation sites (tertiary alicyclic amines) is 1. The van der Waals surface area contributed by atoms with Gasteiger partial charge in [-0.2, -0.15) is 0 Å². The lowest BCUT2D eigenvalue weighted by Crippen LogP contribution is -2.38. The van der Waals surface area contributed by atoms with Crippen LogP contribution in [0.25, 0.3) is 0 Å². The van der Waals surface area contributed by atoms with Crippen molar-refractivity contribution in [2.24, 2.45) is 17.6 Å². The van der Waals surface area contributed by atoms with E-state index in [-0.39, 0.29) is 23.9 Å². The molecule has 2 N–H and O–H groups in total. The van der Waals surface area contributed by atoms with Crippen LogP contribution in [0.1, 0.15) is 53.5 Å². The van der Waals surface area contributed by atoms with Crippen molar-refractivity contribution in [3.05, 3.63) is 29.8 Å². The average molecular weight is 435 g/mol. The van der Waals surface area contributed by atoms with Gasteiger partial charge < -0.3 is 24.8 Å². The highest BCUT2D eigenvalue weighted by molar-refractivity contribution is 5.74. The number of benzene rings is 1. The van der Waals surface area contributed by atoms with Gasteiger partial charge >= 0.3 is 12.1 Å². The molecule has 0 bridgehead atoms. The minimum absolute atomic E-state index is 0.00372. The minimum atomic E-state index is -0.578. The predicted octanol–water partition coefficient (Wildman–Crippen LogP) is 3.78. The lowest BCUT2D eigenvalue weighted by molar-refractivity contribution is -0.161. The summed E-state index contributed by atoms with van der Waals surface area (Å²) in [6.07, 6.45) is 0.906. The highest BCUT2D eigenvalue weighted by Crippen LogP contribution is 2.31. The summed E-state index contributed by atoms with van der Waals surface area (Å²) in [5.41, 5.74) is 5.38. The fourth-order valence-electron chi connectivity index (χ4n) is 3.62. The monoisotopic (exact) mass is 434 g/mol. The molecule has 1 fully saturated rings. The van der Waals surface area contributed by atoms with E-state index in [1.54, 1.807) is 4.90 Å². The number of nitrogens with zero attached hydrogens (tertiary/aromatic N) is 1. The molecule has 0 spiro atoms. The number of nitrogens with two attached hydrogens (primary N) is 1. The van der Waals surface area contributed by atoms with Gasteiger partial charge in [0, 0.05) is 19.6 Å². The second-order valence-electron chi connectivity index (χ2n) is 10.1. The number of esters is 1. The number of amides is 1. The first-order valence-electron chi connectivity index (χ1n) is 11.0. The van der Waals surface area contributed by atoms with E-state index in [1.165, 1.54) is 0 Å². The van der Waals surface area contributed by atoms with Gasteiger partial charge in [-0.05, 0) is 78.0 Å². The van der Waals surface area contributed by atoms with E-state index in [4.69, 9.17) is 19.9 Å². The van der Waals surface area contributed by atoms with Crippen molar-refractivity contribution in [2.45, 2.75) is 65.6 Å². The predicted molar refractivity (Wildman–Crippen MR) is 120 cm³/mol. The van der Waals surface area contributed by atoms with E-state index >= 15 is 0 Å². The summed E-state index contributed by atoms with van der Waals surface area (Å²) in [6.45, 7) is 13.1. The zero-order valence-corrected chi connectivity index (χ0v) is 19.8. The van der Waals surface area contributed by atoms with Crippen LogP contribution < -0.4 is 10.5 Å². The molecule has 0 aromatic heterocycles. The van der Waals surface area contributed by atoms with Crippen LogP contribution in [0.15, 0.2) is 24.3 Å². The van der Waals surface area contributed by atoms with Crippen molar-refractivity contribution in [3.8, 4) is 5.75 Å². The van der Waals surface area contributed by atoms with Crippen LogP contribution in [-0.4, -0.2) is 54.4 Å². The third-order valence-electron chi connectivity index (χ3n) is 4.90. The number of carbonyl (C=O) groups excluding carboxylic acids is 2. The smallest absolute Gasteiger partial charge is 0.410 e. The summed E-state index contributed by atoms with van der Waals surface area (Å²) in [6, 6.07) is 7.71. The molecule has 0 aliphatic carbocycles. The Morgan fingerprint density at radius 1 is 1.13 bits per heavy atom. The van der Waals surface area contributed by atoms with Crippen LogP contribution in [-0.2, 0) is 20.7 Å². The van der Waals surface area contributed by atoms with Crippen molar-refractivity contribution >= 4 is 12.1 Å². The summed E-state index contributed by atoms with van der Waals surface area (Å²) in [5.74, 6) is 0.122. The molecule has 1 amide bonds. The Bertz CT molecular complexity index is 751. The molecule has 31 heavy (non-hydrogen) atoms. The van der Waals surface area contributed by atoms with E-state index in [0.29, 0.717) is 32.7 Å². The van der Waals surface area contributed by atoms with Gasteiger partial charge in [0.2, 0.25) is 0 Å². The number of carbonyl (C=O) groups is 2. The van der Waals surface area contributed by atoms with Crippen molar-refractivity contribution in [1.82, 2.24) is 4.90 Å². The molecule has 1 saturated heterocycles. The van der Waals surface area contributed by atoms with Gasteiger partial charge in [-0.1, -0.05) is 12.1 Å². The first-order chi connectivity index (χ1) is 14.4. The molecule has 7 heteroatoms. The molecule has 1 aliphatic rings. The lowest BCUT2D eigenvalue weighted by atomic mass is 9.86. The molecule has 1 aliphatic heterocycles. The molecule has 1 aromatic rings. The van der Waals surface area contributed by atoms with Crippen molar-refractivity contribution in [3.63, 3.8) is 0 Å². The Kier molecular flexibility index (Phi) is 8.34. The molecular weight excluding hydrogens is 396 g/mol. The van der Waals surface area contributed by atoms with Crippen molar-refractivity contribution in [2.75, 3.05) is 26.2 Å². The van der Waals surface area contributed by atoms with Gasteiger partial charge in [-0.3, -0.25) is 4.79 Å². The minimum Gasteiger partial charge on any atom is -0.492 e. The fourth-order valence-corrected chi connectivity index (χ4v) is 3.62. The van der Waals surface area contributed by atoms with Crippen LogP contribution in [0.3, 0.4) is 0 Å². The molecule has 0 unspecified atom stereocenters. The van der Waals surface area contributed by atoms with E-state index in [0.717, 1.165) is 17.7 Å². The summed E-state index contributed by atoms with van der Waals surface area (Å²) in [4.78, 5) is 27.3. The third kappa shape index (κ3) is 8.40.